The van der Waals surface area contributed by atoms with Crippen LogP contribution in [0.4, 0.5) is 4.39 Å². The molecule has 0 saturated carbocycles. The standard InChI is InChI=1S/C18H23FN4O.ClH/c1-22(11-8-14-4-6-15(19)7-5-14)18(24)17-9-12-23(21-17)16-3-2-10-20-13-16;/h4-7,9,12,16,20H,2-3,8,10-11,13H2,1H3;1H. The average molecular weight is 367 g/mol. The zero-order valence-electron chi connectivity index (χ0n) is 14.3. The van der Waals surface area contributed by atoms with Gasteiger partial charge >= 0.3 is 0 Å². The Morgan fingerprint density at radius 1 is 1.36 bits per heavy atom. The third-order valence-electron chi connectivity index (χ3n) is 4.47. The summed E-state index contributed by atoms with van der Waals surface area (Å²) in [5, 5.41) is 7.81. The summed E-state index contributed by atoms with van der Waals surface area (Å²) in [6, 6.07) is 8.49. The van der Waals surface area contributed by atoms with E-state index in [1.54, 1.807) is 30.1 Å². The predicted molar refractivity (Wildman–Crippen MR) is 97.7 cm³/mol. The van der Waals surface area contributed by atoms with Gasteiger partial charge in [-0.3, -0.25) is 9.48 Å². The monoisotopic (exact) mass is 366 g/mol. The quantitative estimate of drug-likeness (QED) is 0.885. The van der Waals surface area contributed by atoms with Gasteiger partial charge in [0.25, 0.3) is 5.91 Å². The topological polar surface area (TPSA) is 50.2 Å². The summed E-state index contributed by atoms with van der Waals surface area (Å²) in [5.41, 5.74) is 1.48. The fourth-order valence-corrected chi connectivity index (χ4v) is 2.96. The molecule has 1 saturated heterocycles. The summed E-state index contributed by atoms with van der Waals surface area (Å²) >= 11 is 0. The molecule has 136 valence electrons. The summed E-state index contributed by atoms with van der Waals surface area (Å²) in [6.45, 7) is 2.52. The lowest BCUT2D eigenvalue weighted by atomic mass is 10.1. The van der Waals surface area contributed by atoms with Crippen molar-refractivity contribution in [2.24, 2.45) is 0 Å². The van der Waals surface area contributed by atoms with Crippen LogP contribution in [-0.4, -0.2) is 47.3 Å². The van der Waals surface area contributed by atoms with E-state index in [0.717, 1.165) is 31.5 Å². The van der Waals surface area contributed by atoms with Crippen molar-refractivity contribution in [3.8, 4) is 0 Å². The first-order chi connectivity index (χ1) is 11.6. The van der Waals surface area contributed by atoms with Crippen LogP contribution in [0, 0.1) is 5.82 Å². The second-order valence-corrected chi connectivity index (χ2v) is 6.28. The smallest absolute Gasteiger partial charge is 0.274 e. The lowest BCUT2D eigenvalue weighted by Crippen LogP contribution is -2.32. The Balaban J connectivity index is 0.00000225. The molecule has 0 spiro atoms. The van der Waals surface area contributed by atoms with E-state index in [2.05, 4.69) is 10.4 Å². The molecule has 1 aromatic heterocycles. The van der Waals surface area contributed by atoms with Crippen LogP contribution >= 0.6 is 12.4 Å². The summed E-state index contributed by atoms with van der Waals surface area (Å²) < 4.78 is 14.8. The largest absolute Gasteiger partial charge is 0.340 e. The molecule has 1 unspecified atom stereocenters. The van der Waals surface area contributed by atoms with E-state index in [1.165, 1.54) is 12.1 Å². The van der Waals surface area contributed by atoms with E-state index in [1.807, 2.05) is 10.9 Å². The van der Waals surface area contributed by atoms with Crippen LogP contribution in [0.15, 0.2) is 36.5 Å². The lowest BCUT2D eigenvalue weighted by Gasteiger charge is -2.23. The van der Waals surface area contributed by atoms with Crippen molar-refractivity contribution in [1.29, 1.82) is 0 Å². The molecule has 1 aliphatic rings. The van der Waals surface area contributed by atoms with Gasteiger partial charge in [0, 0.05) is 26.3 Å². The number of hydrogen-bond donors (Lipinski definition) is 1. The highest BCUT2D eigenvalue weighted by Crippen LogP contribution is 2.16. The molecule has 2 aromatic rings. The first-order valence-electron chi connectivity index (χ1n) is 8.39. The minimum Gasteiger partial charge on any atom is -0.340 e. The number of carbonyl (C=O) groups excluding carboxylic acids is 1. The van der Waals surface area contributed by atoms with Gasteiger partial charge in [-0.2, -0.15) is 5.10 Å². The van der Waals surface area contributed by atoms with Crippen molar-refractivity contribution in [2.45, 2.75) is 25.3 Å². The van der Waals surface area contributed by atoms with Gasteiger partial charge in [-0.05, 0) is 49.6 Å². The first-order valence-corrected chi connectivity index (χ1v) is 8.39. The zero-order valence-corrected chi connectivity index (χ0v) is 15.1. The Hall–Kier alpha value is -1.92. The maximum Gasteiger partial charge on any atom is 0.274 e. The van der Waals surface area contributed by atoms with E-state index < -0.39 is 0 Å². The number of rotatable bonds is 5. The molecule has 7 heteroatoms. The van der Waals surface area contributed by atoms with Gasteiger partial charge in [-0.25, -0.2) is 4.39 Å². The molecule has 2 heterocycles. The number of nitrogens with zero attached hydrogens (tertiary/aromatic N) is 3. The van der Waals surface area contributed by atoms with E-state index in [0.29, 0.717) is 24.7 Å². The Labute approximate surface area is 153 Å². The molecule has 0 bridgehead atoms. The molecular formula is C18H24ClFN4O. The molecule has 1 atom stereocenters. The molecule has 1 N–H and O–H groups in total. The average Bonchev–Trinajstić information content (AvgIpc) is 3.11. The third kappa shape index (κ3) is 5.03. The maximum atomic E-state index is 12.9. The Kier molecular flexibility index (Phi) is 6.96. The minimum absolute atomic E-state index is 0. The molecule has 5 nitrogen and oxygen atoms in total. The number of carbonyl (C=O) groups is 1. The van der Waals surface area contributed by atoms with E-state index >= 15 is 0 Å². The van der Waals surface area contributed by atoms with Gasteiger partial charge in [-0.1, -0.05) is 12.1 Å². The van der Waals surface area contributed by atoms with Crippen LogP contribution in [0.3, 0.4) is 0 Å². The van der Waals surface area contributed by atoms with Crippen molar-refractivity contribution in [3.05, 3.63) is 53.6 Å². The number of amides is 1. The van der Waals surface area contributed by atoms with E-state index in [4.69, 9.17) is 0 Å². The molecule has 0 aliphatic carbocycles. The van der Waals surface area contributed by atoms with Crippen LogP contribution < -0.4 is 5.32 Å². The summed E-state index contributed by atoms with van der Waals surface area (Å²) in [6.07, 6.45) is 4.79. The molecular weight excluding hydrogens is 343 g/mol. The van der Waals surface area contributed by atoms with E-state index in [9.17, 15) is 9.18 Å². The van der Waals surface area contributed by atoms with Crippen molar-refractivity contribution >= 4 is 18.3 Å². The number of likely N-dealkylation sites (N-methyl/N-ethyl adjacent to an activating group) is 1. The van der Waals surface area contributed by atoms with Gasteiger partial charge in [-0.15, -0.1) is 12.4 Å². The maximum absolute atomic E-state index is 12.9. The van der Waals surface area contributed by atoms with Crippen LogP contribution in [0.2, 0.25) is 0 Å². The molecule has 3 rings (SSSR count). The van der Waals surface area contributed by atoms with Gasteiger partial charge in [0.15, 0.2) is 0 Å². The highest BCUT2D eigenvalue weighted by atomic mass is 35.5. The highest BCUT2D eigenvalue weighted by Gasteiger charge is 2.19. The van der Waals surface area contributed by atoms with Crippen LogP contribution in [-0.2, 0) is 6.42 Å². The molecule has 1 aliphatic heterocycles. The normalized spacial score (nSPS) is 17.0. The SMILES string of the molecule is CN(CCc1ccc(F)cc1)C(=O)c1ccn(C2CCCNC2)n1.Cl. The highest BCUT2D eigenvalue weighted by molar-refractivity contribution is 5.92. The van der Waals surface area contributed by atoms with Gasteiger partial charge in [0.1, 0.15) is 11.5 Å². The Bertz CT molecular complexity index is 683. The van der Waals surface area contributed by atoms with Crippen molar-refractivity contribution in [3.63, 3.8) is 0 Å². The second kappa shape index (κ2) is 8.97. The third-order valence-corrected chi connectivity index (χ3v) is 4.47. The lowest BCUT2D eigenvalue weighted by molar-refractivity contribution is 0.0789. The molecule has 0 radical (unpaired) electrons. The number of hydrogen-bond acceptors (Lipinski definition) is 3. The second-order valence-electron chi connectivity index (χ2n) is 6.28. The van der Waals surface area contributed by atoms with E-state index in [-0.39, 0.29) is 24.1 Å². The van der Waals surface area contributed by atoms with Crippen LogP contribution in [0.25, 0.3) is 0 Å². The number of aromatic nitrogens is 2. The Morgan fingerprint density at radius 3 is 2.80 bits per heavy atom. The first kappa shape index (κ1) is 19.4. The fourth-order valence-electron chi connectivity index (χ4n) is 2.96. The Morgan fingerprint density at radius 2 is 2.12 bits per heavy atom. The molecule has 25 heavy (non-hydrogen) atoms. The number of benzene rings is 1. The zero-order chi connectivity index (χ0) is 16.9. The van der Waals surface area contributed by atoms with Crippen molar-refractivity contribution < 1.29 is 9.18 Å². The molecule has 1 fully saturated rings. The van der Waals surface area contributed by atoms with Gasteiger partial charge in [0.05, 0.1) is 6.04 Å². The number of piperidine rings is 1. The fraction of sp³-hybridized carbons (Fsp3) is 0.444. The summed E-state index contributed by atoms with van der Waals surface area (Å²) in [7, 11) is 1.77. The molecule has 1 amide bonds. The van der Waals surface area contributed by atoms with Crippen molar-refractivity contribution in [1.82, 2.24) is 20.0 Å². The van der Waals surface area contributed by atoms with Crippen molar-refractivity contribution in [2.75, 3.05) is 26.7 Å². The summed E-state index contributed by atoms with van der Waals surface area (Å²) in [5.74, 6) is -0.328. The van der Waals surface area contributed by atoms with Crippen LogP contribution in [0.1, 0.15) is 34.9 Å². The van der Waals surface area contributed by atoms with Crippen LogP contribution in [0.5, 0.6) is 0 Å². The number of halogens is 2. The molecule has 1 aromatic carbocycles. The number of nitrogens with one attached hydrogen (secondary N) is 1. The van der Waals surface area contributed by atoms with Gasteiger partial charge in [0.2, 0.25) is 0 Å². The van der Waals surface area contributed by atoms with Gasteiger partial charge < -0.3 is 10.2 Å². The predicted octanol–water partition coefficient (Wildman–Crippen LogP) is 2.68. The minimum atomic E-state index is -0.245. The summed E-state index contributed by atoms with van der Waals surface area (Å²) in [4.78, 5) is 14.2.